The lowest BCUT2D eigenvalue weighted by atomic mass is 9.90. The zero-order valence-electron chi connectivity index (χ0n) is 13.6. The van der Waals surface area contributed by atoms with Crippen LogP contribution in [0.3, 0.4) is 0 Å². The van der Waals surface area contributed by atoms with Crippen molar-refractivity contribution in [3.05, 3.63) is 54.1 Å². The monoisotopic (exact) mass is 305 g/mol. The topological polar surface area (TPSA) is 21.7 Å². The summed E-state index contributed by atoms with van der Waals surface area (Å²) >= 11 is 0. The van der Waals surface area contributed by atoms with Gasteiger partial charge in [-0.1, -0.05) is 36.4 Å². The zero-order chi connectivity index (χ0) is 16.0. The lowest BCUT2D eigenvalue weighted by molar-refractivity contribution is 0.351. The number of rotatable bonds is 2. The Labute approximate surface area is 136 Å². The first-order valence-corrected chi connectivity index (χ1v) is 7.71. The van der Waals surface area contributed by atoms with Crippen molar-refractivity contribution >= 4 is 16.5 Å². The summed E-state index contributed by atoms with van der Waals surface area (Å²) in [6, 6.07) is 17.1. The molecule has 1 heterocycles. The predicted molar refractivity (Wildman–Crippen MR) is 94.6 cm³/mol. The molecule has 0 aromatic heterocycles. The highest BCUT2D eigenvalue weighted by molar-refractivity contribution is 6.04. The molecule has 0 bridgehead atoms. The van der Waals surface area contributed by atoms with Crippen molar-refractivity contribution in [1.29, 1.82) is 0 Å². The van der Waals surface area contributed by atoms with Crippen molar-refractivity contribution < 1.29 is 9.47 Å². The average molecular weight is 305 g/mol. The van der Waals surface area contributed by atoms with Gasteiger partial charge in [-0.05, 0) is 23.1 Å². The first-order valence-electron chi connectivity index (χ1n) is 7.71. The summed E-state index contributed by atoms with van der Waals surface area (Å²) < 4.78 is 11.1. The van der Waals surface area contributed by atoms with E-state index in [1.165, 1.54) is 33.2 Å². The van der Waals surface area contributed by atoms with Crippen LogP contribution in [0.2, 0.25) is 0 Å². The normalized spacial score (nSPS) is 12.7. The molecule has 116 valence electrons. The quantitative estimate of drug-likeness (QED) is 0.697. The van der Waals surface area contributed by atoms with Gasteiger partial charge >= 0.3 is 0 Å². The summed E-state index contributed by atoms with van der Waals surface area (Å²) in [6.45, 7) is 0.802. The van der Waals surface area contributed by atoms with Gasteiger partial charge in [-0.25, -0.2) is 0 Å². The highest BCUT2D eigenvalue weighted by Gasteiger charge is 2.26. The number of fused-ring (bicyclic) bond motifs is 5. The highest BCUT2D eigenvalue weighted by Crippen LogP contribution is 2.47. The summed E-state index contributed by atoms with van der Waals surface area (Å²) in [5.74, 6) is 1.61. The fraction of sp³-hybridized carbons (Fsp3) is 0.200. The number of ether oxygens (including phenoxy) is 2. The van der Waals surface area contributed by atoms with Gasteiger partial charge in [0.15, 0.2) is 11.5 Å². The maximum absolute atomic E-state index is 5.63. The Morgan fingerprint density at radius 3 is 2.43 bits per heavy atom. The van der Waals surface area contributed by atoms with E-state index in [4.69, 9.17) is 9.47 Å². The number of hydrogen-bond donors (Lipinski definition) is 0. The number of hydrogen-bond acceptors (Lipinski definition) is 3. The number of benzene rings is 3. The molecule has 1 aliphatic heterocycles. The standard InChI is InChI=1S/C20H19NO2/c1-21-12-17-15(10-11-18(22-2)20(17)23-3)16-9-8-13-6-4-5-7-14(13)19(16)21/h4-11H,12H2,1-3H3. The molecule has 0 fully saturated rings. The molecule has 3 nitrogen and oxygen atoms in total. The van der Waals surface area contributed by atoms with E-state index in [0.717, 1.165) is 18.0 Å². The van der Waals surface area contributed by atoms with E-state index in [0.29, 0.717) is 0 Å². The Hall–Kier alpha value is -2.68. The van der Waals surface area contributed by atoms with Crippen molar-refractivity contribution in [2.24, 2.45) is 0 Å². The fourth-order valence-corrected chi connectivity index (χ4v) is 3.60. The Morgan fingerprint density at radius 2 is 1.65 bits per heavy atom. The van der Waals surface area contributed by atoms with Gasteiger partial charge < -0.3 is 14.4 Å². The second-order valence-electron chi connectivity index (χ2n) is 5.87. The summed E-state index contributed by atoms with van der Waals surface area (Å²) in [5.41, 5.74) is 4.93. The maximum Gasteiger partial charge on any atom is 0.166 e. The molecule has 0 aliphatic carbocycles. The number of anilines is 1. The first kappa shape index (κ1) is 13.9. The van der Waals surface area contributed by atoms with E-state index in [1.807, 2.05) is 6.07 Å². The van der Waals surface area contributed by atoms with Crippen molar-refractivity contribution in [1.82, 2.24) is 0 Å². The summed E-state index contributed by atoms with van der Waals surface area (Å²) in [6.07, 6.45) is 0. The van der Waals surface area contributed by atoms with Crippen LogP contribution in [0.4, 0.5) is 5.69 Å². The number of methoxy groups -OCH3 is 2. The van der Waals surface area contributed by atoms with Crippen LogP contribution < -0.4 is 14.4 Å². The Bertz CT molecular complexity index is 902. The Morgan fingerprint density at radius 1 is 0.870 bits per heavy atom. The minimum absolute atomic E-state index is 0.781. The molecule has 3 aromatic carbocycles. The van der Waals surface area contributed by atoms with Crippen molar-refractivity contribution in [2.45, 2.75) is 6.54 Å². The lowest BCUT2D eigenvalue weighted by Gasteiger charge is -2.32. The fourth-order valence-electron chi connectivity index (χ4n) is 3.60. The van der Waals surface area contributed by atoms with E-state index in [9.17, 15) is 0 Å². The van der Waals surface area contributed by atoms with Crippen LogP contribution in [0.5, 0.6) is 11.5 Å². The van der Waals surface area contributed by atoms with Gasteiger partial charge in [-0.3, -0.25) is 0 Å². The Balaban J connectivity index is 2.05. The van der Waals surface area contributed by atoms with Crippen LogP contribution in [-0.4, -0.2) is 21.3 Å². The van der Waals surface area contributed by atoms with Crippen LogP contribution in [0.1, 0.15) is 5.56 Å². The smallest absolute Gasteiger partial charge is 0.166 e. The van der Waals surface area contributed by atoms with Crippen LogP contribution >= 0.6 is 0 Å². The van der Waals surface area contributed by atoms with Gasteiger partial charge in [0.2, 0.25) is 0 Å². The van der Waals surface area contributed by atoms with Gasteiger partial charge in [-0.15, -0.1) is 0 Å². The summed E-state index contributed by atoms with van der Waals surface area (Å²) in [4.78, 5) is 2.29. The van der Waals surface area contributed by atoms with Gasteiger partial charge in [0.1, 0.15) is 0 Å². The summed E-state index contributed by atoms with van der Waals surface area (Å²) in [5, 5.41) is 2.55. The molecule has 0 saturated heterocycles. The third kappa shape index (κ3) is 1.96. The predicted octanol–water partition coefficient (Wildman–Crippen LogP) is 4.47. The van der Waals surface area contributed by atoms with E-state index < -0.39 is 0 Å². The molecular formula is C20H19NO2. The minimum Gasteiger partial charge on any atom is -0.493 e. The molecule has 3 aromatic rings. The second-order valence-corrected chi connectivity index (χ2v) is 5.87. The van der Waals surface area contributed by atoms with E-state index >= 15 is 0 Å². The minimum atomic E-state index is 0.781. The third-order valence-electron chi connectivity index (χ3n) is 4.62. The molecule has 0 amide bonds. The number of nitrogens with zero attached hydrogens (tertiary/aromatic N) is 1. The molecule has 0 N–H and O–H groups in total. The van der Waals surface area contributed by atoms with Crippen LogP contribution in [0.25, 0.3) is 21.9 Å². The van der Waals surface area contributed by atoms with Gasteiger partial charge in [-0.2, -0.15) is 0 Å². The van der Waals surface area contributed by atoms with E-state index in [2.05, 4.69) is 54.4 Å². The van der Waals surface area contributed by atoms with Crippen molar-refractivity contribution in [2.75, 3.05) is 26.2 Å². The Kier molecular flexibility index (Phi) is 3.15. The van der Waals surface area contributed by atoms with Gasteiger partial charge in [0.25, 0.3) is 0 Å². The van der Waals surface area contributed by atoms with Crippen LogP contribution in [-0.2, 0) is 6.54 Å². The largest absolute Gasteiger partial charge is 0.493 e. The average Bonchev–Trinajstić information content (AvgIpc) is 2.60. The maximum atomic E-state index is 5.63. The van der Waals surface area contributed by atoms with Crippen molar-refractivity contribution in [3.63, 3.8) is 0 Å². The molecule has 4 rings (SSSR count). The third-order valence-corrected chi connectivity index (χ3v) is 4.62. The first-order chi connectivity index (χ1) is 11.2. The van der Waals surface area contributed by atoms with Crippen LogP contribution in [0.15, 0.2) is 48.5 Å². The molecule has 0 unspecified atom stereocenters. The lowest BCUT2D eigenvalue weighted by Crippen LogP contribution is -2.22. The van der Waals surface area contributed by atoms with Gasteiger partial charge in [0.05, 0.1) is 19.9 Å². The van der Waals surface area contributed by atoms with E-state index in [-0.39, 0.29) is 0 Å². The highest BCUT2D eigenvalue weighted by atomic mass is 16.5. The summed E-state index contributed by atoms with van der Waals surface area (Å²) in [7, 11) is 5.51. The molecule has 23 heavy (non-hydrogen) atoms. The SMILES string of the molecule is COc1ccc2c(c1OC)CN(C)c1c-2ccc2ccccc12. The molecule has 0 radical (unpaired) electrons. The molecule has 0 atom stereocenters. The molecule has 1 aliphatic rings. The zero-order valence-corrected chi connectivity index (χ0v) is 13.6. The van der Waals surface area contributed by atoms with E-state index in [1.54, 1.807) is 14.2 Å². The molecule has 3 heteroatoms. The second kappa shape index (κ2) is 5.20. The molecule has 0 spiro atoms. The van der Waals surface area contributed by atoms with Gasteiger partial charge in [0, 0.05) is 30.1 Å². The van der Waals surface area contributed by atoms with Crippen molar-refractivity contribution in [3.8, 4) is 22.6 Å². The molecule has 0 saturated carbocycles. The molecular weight excluding hydrogens is 286 g/mol. The van der Waals surface area contributed by atoms with Crippen LogP contribution in [0, 0.1) is 0 Å².